The van der Waals surface area contributed by atoms with Crippen molar-refractivity contribution in [3.05, 3.63) is 30.5 Å². The highest BCUT2D eigenvalue weighted by molar-refractivity contribution is 5.81. The van der Waals surface area contributed by atoms with E-state index in [-0.39, 0.29) is 31.0 Å². The molecule has 0 spiro atoms. The Morgan fingerprint density at radius 1 is 1.15 bits per heavy atom. The van der Waals surface area contributed by atoms with Gasteiger partial charge in [-0.25, -0.2) is 0 Å². The zero-order chi connectivity index (χ0) is 18.8. The van der Waals surface area contributed by atoms with Gasteiger partial charge in [0.15, 0.2) is 0 Å². The Morgan fingerprint density at radius 2 is 1.93 bits per heavy atom. The number of aromatic nitrogens is 2. The summed E-state index contributed by atoms with van der Waals surface area (Å²) in [7, 11) is 0. The van der Waals surface area contributed by atoms with Crippen LogP contribution in [0.25, 0.3) is 10.9 Å². The molecule has 2 heterocycles. The van der Waals surface area contributed by atoms with E-state index in [4.69, 9.17) is 5.11 Å². The van der Waals surface area contributed by atoms with Gasteiger partial charge in [0.1, 0.15) is 6.54 Å². The van der Waals surface area contributed by atoms with E-state index in [2.05, 4.69) is 15.3 Å². The molecule has 2 aliphatic rings. The molecule has 0 bridgehead atoms. The van der Waals surface area contributed by atoms with Crippen LogP contribution in [0, 0.1) is 5.92 Å². The van der Waals surface area contributed by atoms with Crippen molar-refractivity contribution >= 4 is 22.8 Å². The molecule has 7 nitrogen and oxygen atoms in total. The number of aliphatic carboxylic acids is 1. The lowest BCUT2D eigenvalue weighted by Crippen LogP contribution is -2.45. The summed E-state index contributed by atoms with van der Waals surface area (Å²) in [6.07, 6.45) is 6.27. The van der Waals surface area contributed by atoms with E-state index < -0.39 is 5.97 Å². The Hall–Kier alpha value is -2.41. The van der Waals surface area contributed by atoms with Crippen molar-refractivity contribution in [1.29, 1.82) is 0 Å². The Morgan fingerprint density at radius 3 is 2.70 bits per heavy atom. The summed E-state index contributed by atoms with van der Waals surface area (Å²) < 4.78 is 1.72. The van der Waals surface area contributed by atoms with Crippen LogP contribution in [0.15, 0.2) is 30.5 Å². The first-order chi connectivity index (χ1) is 13.1. The highest BCUT2D eigenvalue weighted by atomic mass is 16.4. The van der Waals surface area contributed by atoms with Crippen LogP contribution in [0.2, 0.25) is 0 Å². The average Bonchev–Trinajstić information content (AvgIpc) is 3.27. The summed E-state index contributed by atoms with van der Waals surface area (Å²) >= 11 is 0. The van der Waals surface area contributed by atoms with Crippen molar-refractivity contribution in [1.82, 2.24) is 20.0 Å². The van der Waals surface area contributed by atoms with Gasteiger partial charge in [0.25, 0.3) is 0 Å². The van der Waals surface area contributed by atoms with E-state index in [0.717, 1.165) is 30.3 Å². The molecule has 2 fully saturated rings. The number of likely N-dealkylation sites (tertiary alicyclic amines) is 1. The lowest BCUT2D eigenvalue weighted by molar-refractivity contribution is -0.138. The van der Waals surface area contributed by atoms with Crippen molar-refractivity contribution < 1.29 is 14.7 Å². The summed E-state index contributed by atoms with van der Waals surface area (Å²) in [4.78, 5) is 25.9. The maximum atomic E-state index is 12.4. The van der Waals surface area contributed by atoms with Crippen molar-refractivity contribution in [2.45, 2.75) is 50.7 Å². The number of benzene rings is 1. The Kier molecular flexibility index (Phi) is 5.11. The standard InChI is InChI=1S/C20H26N4O3/c25-19(13-24-18-4-2-1-3-15(18)10-22-24)21-11-17-8-7-16(9-20(26)27)23(17)12-14-5-6-14/h1-4,10,14,16-17H,5-9,11-13H2,(H,21,25)(H,26,27)/t16-,17+/m1/s1. The number of amides is 1. The number of nitrogens with one attached hydrogen (secondary N) is 1. The number of hydrogen-bond donors (Lipinski definition) is 2. The van der Waals surface area contributed by atoms with Crippen LogP contribution in [-0.4, -0.2) is 56.8 Å². The zero-order valence-electron chi connectivity index (χ0n) is 15.4. The van der Waals surface area contributed by atoms with Gasteiger partial charge in [0.05, 0.1) is 18.1 Å². The van der Waals surface area contributed by atoms with Crippen molar-refractivity contribution in [2.24, 2.45) is 5.92 Å². The molecule has 1 saturated heterocycles. The van der Waals surface area contributed by atoms with E-state index in [1.807, 2.05) is 24.3 Å². The third-order valence-corrected chi connectivity index (χ3v) is 5.73. The summed E-state index contributed by atoms with van der Waals surface area (Å²) in [5.41, 5.74) is 0.949. The van der Waals surface area contributed by atoms with Gasteiger partial charge in [-0.2, -0.15) is 5.10 Å². The van der Waals surface area contributed by atoms with Crippen LogP contribution < -0.4 is 5.32 Å². The number of rotatable bonds is 8. The zero-order valence-corrected chi connectivity index (χ0v) is 15.4. The predicted octanol–water partition coefficient (Wildman–Crippen LogP) is 1.87. The van der Waals surface area contributed by atoms with Gasteiger partial charge in [-0.15, -0.1) is 0 Å². The van der Waals surface area contributed by atoms with Crippen molar-refractivity contribution in [3.63, 3.8) is 0 Å². The minimum absolute atomic E-state index is 0.0584. The van der Waals surface area contributed by atoms with Gasteiger partial charge in [-0.05, 0) is 37.7 Å². The fraction of sp³-hybridized carbons (Fsp3) is 0.550. The van der Waals surface area contributed by atoms with Crippen molar-refractivity contribution in [3.8, 4) is 0 Å². The highest BCUT2D eigenvalue weighted by Crippen LogP contribution is 2.35. The molecule has 1 aliphatic heterocycles. The minimum Gasteiger partial charge on any atom is -0.481 e. The second-order valence-corrected chi connectivity index (χ2v) is 7.79. The summed E-state index contributed by atoms with van der Waals surface area (Å²) in [6.45, 7) is 1.73. The molecule has 4 rings (SSSR count). The van der Waals surface area contributed by atoms with E-state index in [9.17, 15) is 9.59 Å². The highest BCUT2D eigenvalue weighted by Gasteiger charge is 2.37. The van der Waals surface area contributed by atoms with Crippen LogP contribution in [0.5, 0.6) is 0 Å². The molecule has 0 unspecified atom stereocenters. The lowest BCUT2D eigenvalue weighted by Gasteiger charge is -2.29. The largest absolute Gasteiger partial charge is 0.481 e. The number of nitrogens with zero attached hydrogens (tertiary/aromatic N) is 3. The number of hydrogen-bond acceptors (Lipinski definition) is 4. The molecule has 1 aromatic heterocycles. The second-order valence-electron chi connectivity index (χ2n) is 7.79. The van der Waals surface area contributed by atoms with E-state index in [1.165, 1.54) is 12.8 Å². The van der Waals surface area contributed by atoms with Gasteiger partial charge in [-0.3, -0.25) is 19.2 Å². The molecule has 1 aliphatic carbocycles. The minimum atomic E-state index is -0.740. The van der Waals surface area contributed by atoms with Crippen LogP contribution in [-0.2, 0) is 16.1 Å². The molecule has 2 atom stereocenters. The van der Waals surface area contributed by atoms with Crippen LogP contribution in [0.3, 0.4) is 0 Å². The van der Waals surface area contributed by atoms with E-state index in [0.29, 0.717) is 12.5 Å². The van der Waals surface area contributed by atoms with Gasteiger partial charge >= 0.3 is 5.97 Å². The molecule has 1 aromatic carbocycles. The smallest absolute Gasteiger partial charge is 0.304 e. The van der Waals surface area contributed by atoms with E-state index in [1.54, 1.807) is 10.9 Å². The summed E-state index contributed by atoms with van der Waals surface area (Å²) in [6, 6.07) is 8.16. The number of carboxylic acid groups (broad SMARTS) is 1. The molecular weight excluding hydrogens is 344 g/mol. The Balaban J connectivity index is 1.34. The average molecular weight is 370 g/mol. The quantitative estimate of drug-likeness (QED) is 0.741. The molecule has 1 amide bonds. The molecule has 0 radical (unpaired) electrons. The predicted molar refractivity (Wildman–Crippen MR) is 101 cm³/mol. The van der Waals surface area contributed by atoms with Crippen LogP contribution in [0.1, 0.15) is 32.1 Å². The molecule has 2 aromatic rings. The Bertz CT molecular complexity index is 829. The van der Waals surface area contributed by atoms with Gasteiger partial charge in [-0.1, -0.05) is 18.2 Å². The molecule has 27 heavy (non-hydrogen) atoms. The summed E-state index contributed by atoms with van der Waals surface area (Å²) in [5, 5.41) is 17.5. The van der Waals surface area contributed by atoms with Crippen LogP contribution in [0.4, 0.5) is 0 Å². The van der Waals surface area contributed by atoms with Gasteiger partial charge in [0, 0.05) is 30.6 Å². The number of para-hydroxylation sites is 1. The number of carbonyl (C=O) groups is 2. The number of carbonyl (C=O) groups excluding carboxylic acids is 1. The number of carboxylic acids is 1. The summed E-state index contributed by atoms with van der Waals surface area (Å²) in [5.74, 6) is -0.0963. The molecule has 2 N–H and O–H groups in total. The Labute approximate surface area is 158 Å². The first-order valence-corrected chi connectivity index (χ1v) is 9.75. The topological polar surface area (TPSA) is 87.5 Å². The maximum absolute atomic E-state index is 12.4. The SMILES string of the molecule is O=C(O)C[C@H]1CC[C@@H](CNC(=O)Cn2ncc3ccccc32)N1CC1CC1. The van der Waals surface area contributed by atoms with Crippen LogP contribution >= 0.6 is 0 Å². The normalized spacial score (nSPS) is 23.0. The molecule has 1 saturated carbocycles. The molecule has 7 heteroatoms. The second kappa shape index (κ2) is 7.68. The monoisotopic (exact) mass is 370 g/mol. The van der Waals surface area contributed by atoms with Crippen molar-refractivity contribution in [2.75, 3.05) is 13.1 Å². The maximum Gasteiger partial charge on any atom is 0.304 e. The van der Waals surface area contributed by atoms with E-state index >= 15 is 0 Å². The molecular formula is C20H26N4O3. The fourth-order valence-electron chi connectivity index (χ4n) is 4.13. The first kappa shape index (κ1) is 18.0. The lowest BCUT2D eigenvalue weighted by atomic mass is 10.1. The fourth-order valence-corrected chi connectivity index (χ4v) is 4.13. The third kappa shape index (κ3) is 4.30. The van der Waals surface area contributed by atoms with Gasteiger partial charge < -0.3 is 10.4 Å². The third-order valence-electron chi connectivity index (χ3n) is 5.73. The number of fused-ring (bicyclic) bond motifs is 1. The molecule has 144 valence electrons. The van der Waals surface area contributed by atoms with Gasteiger partial charge in [0.2, 0.25) is 5.91 Å². The first-order valence-electron chi connectivity index (χ1n) is 9.75.